The van der Waals surface area contributed by atoms with Crippen molar-refractivity contribution >= 4 is 5.91 Å². The van der Waals surface area contributed by atoms with Gasteiger partial charge in [-0.1, -0.05) is 37.3 Å². The molecule has 0 bridgehead atoms. The molecule has 0 aliphatic heterocycles. The molecular formula is C16H27N3O. The molecular weight excluding hydrogens is 250 g/mol. The van der Waals surface area contributed by atoms with Crippen molar-refractivity contribution in [3.8, 4) is 0 Å². The topological polar surface area (TPSA) is 44.4 Å². The number of nitrogens with one attached hydrogen (secondary N) is 2. The van der Waals surface area contributed by atoms with Gasteiger partial charge in [0, 0.05) is 19.6 Å². The van der Waals surface area contributed by atoms with E-state index in [9.17, 15) is 4.79 Å². The minimum absolute atomic E-state index is 0.0486. The summed E-state index contributed by atoms with van der Waals surface area (Å²) in [5.74, 6) is 0.0486. The molecule has 2 N–H and O–H groups in total. The second-order valence-corrected chi connectivity index (χ2v) is 5.63. The molecule has 1 aromatic rings. The summed E-state index contributed by atoms with van der Waals surface area (Å²) < 4.78 is 0. The minimum atomic E-state index is -0.507. The number of amides is 1. The molecule has 0 saturated heterocycles. The fourth-order valence-electron chi connectivity index (χ4n) is 2.08. The van der Waals surface area contributed by atoms with Crippen LogP contribution >= 0.6 is 0 Å². The van der Waals surface area contributed by atoms with Crippen molar-refractivity contribution in [3.63, 3.8) is 0 Å². The molecule has 20 heavy (non-hydrogen) atoms. The summed E-state index contributed by atoms with van der Waals surface area (Å²) in [5, 5.41) is 6.16. The van der Waals surface area contributed by atoms with Crippen LogP contribution in [0.25, 0.3) is 0 Å². The van der Waals surface area contributed by atoms with E-state index in [1.54, 1.807) is 0 Å². The quantitative estimate of drug-likeness (QED) is 0.759. The van der Waals surface area contributed by atoms with Gasteiger partial charge in [-0.25, -0.2) is 0 Å². The van der Waals surface area contributed by atoms with Gasteiger partial charge < -0.3 is 15.5 Å². The molecule has 0 saturated carbocycles. The predicted molar refractivity (Wildman–Crippen MR) is 83.5 cm³/mol. The number of nitrogens with zero attached hydrogens (tertiary/aromatic N) is 1. The maximum Gasteiger partial charge on any atom is 0.239 e. The van der Waals surface area contributed by atoms with Crippen LogP contribution < -0.4 is 10.6 Å². The second-order valence-electron chi connectivity index (χ2n) is 5.63. The first-order valence-corrected chi connectivity index (χ1v) is 7.21. The van der Waals surface area contributed by atoms with Crippen LogP contribution in [0.4, 0.5) is 0 Å². The third-order valence-corrected chi connectivity index (χ3v) is 3.26. The first-order valence-electron chi connectivity index (χ1n) is 7.21. The average Bonchev–Trinajstić information content (AvgIpc) is 2.39. The molecule has 0 radical (unpaired) electrons. The third kappa shape index (κ3) is 5.72. The summed E-state index contributed by atoms with van der Waals surface area (Å²) in [7, 11) is 2.06. The summed E-state index contributed by atoms with van der Waals surface area (Å²) in [6, 6.07) is 10.3. The van der Waals surface area contributed by atoms with E-state index in [-0.39, 0.29) is 5.91 Å². The summed E-state index contributed by atoms with van der Waals surface area (Å²) in [5.41, 5.74) is 0.779. The molecule has 1 amide bonds. The lowest BCUT2D eigenvalue weighted by molar-refractivity contribution is -0.126. The van der Waals surface area contributed by atoms with E-state index in [2.05, 4.69) is 34.7 Å². The smallest absolute Gasteiger partial charge is 0.239 e. The van der Waals surface area contributed by atoms with Crippen molar-refractivity contribution in [2.45, 2.75) is 32.9 Å². The lowest BCUT2D eigenvalue weighted by atomic mass is 10.0. The van der Waals surface area contributed by atoms with Gasteiger partial charge in [-0.05, 0) is 33.0 Å². The molecule has 0 spiro atoms. The highest BCUT2D eigenvalue weighted by Crippen LogP contribution is 2.03. The molecule has 1 rings (SSSR count). The van der Waals surface area contributed by atoms with Gasteiger partial charge in [0.05, 0.1) is 5.54 Å². The first kappa shape index (κ1) is 16.7. The van der Waals surface area contributed by atoms with E-state index < -0.39 is 5.54 Å². The highest BCUT2D eigenvalue weighted by atomic mass is 16.2. The highest BCUT2D eigenvalue weighted by Gasteiger charge is 2.25. The molecule has 0 aromatic heterocycles. The van der Waals surface area contributed by atoms with Gasteiger partial charge in [0.1, 0.15) is 0 Å². The van der Waals surface area contributed by atoms with E-state index in [0.717, 1.165) is 19.6 Å². The molecule has 0 fully saturated rings. The average molecular weight is 277 g/mol. The minimum Gasteiger partial charge on any atom is -0.353 e. The molecule has 4 heteroatoms. The fraction of sp³-hybridized carbons (Fsp3) is 0.562. The van der Waals surface area contributed by atoms with Gasteiger partial charge >= 0.3 is 0 Å². The Balaban J connectivity index is 2.28. The Hall–Kier alpha value is -1.39. The Morgan fingerprint density at radius 1 is 1.25 bits per heavy atom. The Kier molecular flexibility index (Phi) is 6.68. The van der Waals surface area contributed by atoms with Crippen molar-refractivity contribution in [2.24, 2.45) is 0 Å². The molecule has 0 aliphatic rings. The van der Waals surface area contributed by atoms with Gasteiger partial charge in [-0.2, -0.15) is 0 Å². The molecule has 4 nitrogen and oxygen atoms in total. The Morgan fingerprint density at radius 3 is 2.50 bits per heavy atom. The standard InChI is InChI=1S/C16H27N3O/c1-5-18-16(2,3)15(20)17-11-12-19(4)13-14-9-7-6-8-10-14/h6-10,18H,5,11-13H2,1-4H3,(H,17,20). The lowest BCUT2D eigenvalue weighted by Crippen LogP contribution is -2.53. The van der Waals surface area contributed by atoms with E-state index in [1.807, 2.05) is 39.0 Å². The van der Waals surface area contributed by atoms with Crippen LogP contribution in [0, 0.1) is 0 Å². The van der Waals surface area contributed by atoms with Crippen LogP contribution in [0.5, 0.6) is 0 Å². The SMILES string of the molecule is CCNC(C)(C)C(=O)NCCN(C)Cc1ccccc1. The molecule has 0 aliphatic carbocycles. The van der Waals surface area contributed by atoms with E-state index in [1.165, 1.54) is 5.56 Å². The summed E-state index contributed by atoms with van der Waals surface area (Å²) in [4.78, 5) is 14.2. The zero-order valence-corrected chi connectivity index (χ0v) is 13.1. The maximum atomic E-state index is 12.0. The Morgan fingerprint density at radius 2 is 1.90 bits per heavy atom. The largest absolute Gasteiger partial charge is 0.353 e. The van der Waals surface area contributed by atoms with Crippen LogP contribution in [-0.2, 0) is 11.3 Å². The molecule has 1 aromatic carbocycles. The first-order chi connectivity index (χ1) is 9.45. The van der Waals surface area contributed by atoms with Crippen molar-refractivity contribution in [2.75, 3.05) is 26.7 Å². The van der Waals surface area contributed by atoms with Gasteiger partial charge in [0.25, 0.3) is 0 Å². The van der Waals surface area contributed by atoms with Crippen molar-refractivity contribution in [1.82, 2.24) is 15.5 Å². The number of rotatable bonds is 8. The normalized spacial score (nSPS) is 11.7. The molecule has 0 atom stereocenters. The number of hydrogen-bond donors (Lipinski definition) is 2. The van der Waals surface area contributed by atoms with Crippen molar-refractivity contribution in [1.29, 1.82) is 0 Å². The van der Waals surface area contributed by atoms with Gasteiger partial charge in [0.2, 0.25) is 5.91 Å². The Labute approximate surface area is 122 Å². The predicted octanol–water partition coefficient (Wildman–Crippen LogP) is 1.62. The molecule has 0 unspecified atom stereocenters. The van der Waals surface area contributed by atoms with E-state index in [0.29, 0.717) is 6.54 Å². The number of carbonyl (C=O) groups excluding carboxylic acids is 1. The van der Waals surface area contributed by atoms with Gasteiger partial charge in [-0.3, -0.25) is 4.79 Å². The summed E-state index contributed by atoms with van der Waals surface area (Å²) in [6.07, 6.45) is 0. The zero-order valence-electron chi connectivity index (χ0n) is 13.1. The van der Waals surface area contributed by atoms with Crippen molar-refractivity contribution in [3.05, 3.63) is 35.9 Å². The zero-order chi connectivity index (χ0) is 15.0. The van der Waals surface area contributed by atoms with Crippen molar-refractivity contribution < 1.29 is 4.79 Å². The van der Waals surface area contributed by atoms with Crippen LogP contribution in [-0.4, -0.2) is 43.0 Å². The lowest BCUT2D eigenvalue weighted by Gasteiger charge is -2.25. The fourth-order valence-corrected chi connectivity index (χ4v) is 2.08. The van der Waals surface area contributed by atoms with Gasteiger partial charge in [0.15, 0.2) is 0 Å². The van der Waals surface area contributed by atoms with Crippen LogP contribution in [0.15, 0.2) is 30.3 Å². The summed E-state index contributed by atoms with van der Waals surface area (Å²) in [6.45, 7) is 8.99. The number of carbonyl (C=O) groups is 1. The highest BCUT2D eigenvalue weighted by molar-refractivity contribution is 5.85. The summed E-state index contributed by atoms with van der Waals surface area (Å²) >= 11 is 0. The second kappa shape index (κ2) is 8.02. The van der Waals surface area contributed by atoms with E-state index >= 15 is 0 Å². The molecule has 0 heterocycles. The van der Waals surface area contributed by atoms with E-state index in [4.69, 9.17) is 0 Å². The third-order valence-electron chi connectivity index (χ3n) is 3.26. The number of benzene rings is 1. The van der Waals surface area contributed by atoms with Crippen LogP contribution in [0.1, 0.15) is 26.3 Å². The monoisotopic (exact) mass is 277 g/mol. The molecule has 112 valence electrons. The van der Waals surface area contributed by atoms with Gasteiger partial charge in [-0.15, -0.1) is 0 Å². The maximum absolute atomic E-state index is 12.0. The number of likely N-dealkylation sites (N-methyl/N-ethyl adjacent to an activating group) is 2. The number of hydrogen-bond acceptors (Lipinski definition) is 3. The van der Waals surface area contributed by atoms with Crippen LogP contribution in [0.3, 0.4) is 0 Å². The van der Waals surface area contributed by atoms with Crippen LogP contribution in [0.2, 0.25) is 0 Å². The Bertz CT molecular complexity index is 403.